The van der Waals surface area contributed by atoms with Crippen LogP contribution in [0.5, 0.6) is 5.75 Å². The summed E-state index contributed by atoms with van der Waals surface area (Å²) in [6.07, 6.45) is 1.55. The van der Waals surface area contributed by atoms with Crippen LogP contribution in [-0.2, 0) is 11.4 Å². The van der Waals surface area contributed by atoms with E-state index >= 15 is 0 Å². The molecule has 2 aromatic carbocycles. The Hall–Kier alpha value is -2.09. The van der Waals surface area contributed by atoms with Crippen LogP contribution in [0.25, 0.3) is 0 Å². The Balaban J connectivity index is 2.21. The number of hydrogen-bond acceptors (Lipinski definition) is 3. The van der Waals surface area contributed by atoms with E-state index in [2.05, 4.69) is 4.99 Å². The van der Waals surface area contributed by atoms with Gasteiger partial charge in [0.05, 0.1) is 5.69 Å². The fourth-order valence-corrected chi connectivity index (χ4v) is 2.06. The van der Waals surface area contributed by atoms with Gasteiger partial charge in [-0.25, -0.2) is 4.79 Å². The Labute approximate surface area is 122 Å². The first-order valence-electron chi connectivity index (χ1n) is 6.17. The van der Waals surface area contributed by atoms with Crippen LogP contribution in [0.3, 0.4) is 0 Å². The molecule has 0 saturated heterocycles. The van der Waals surface area contributed by atoms with Gasteiger partial charge in [0.2, 0.25) is 6.08 Å². The molecule has 0 aliphatic heterocycles. The number of benzene rings is 2. The van der Waals surface area contributed by atoms with Crippen LogP contribution < -0.4 is 4.74 Å². The minimum Gasteiger partial charge on any atom is -0.488 e. The van der Waals surface area contributed by atoms with Crippen LogP contribution in [0, 0.1) is 13.8 Å². The minimum absolute atomic E-state index is 0.321. The first-order valence-corrected chi connectivity index (χ1v) is 6.55. The Morgan fingerprint density at radius 3 is 2.70 bits per heavy atom. The average Bonchev–Trinajstić information content (AvgIpc) is 2.43. The zero-order valence-corrected chi connectivity index (χ0v) is 12.1. The number of ether oxygens (including phenoxy) is 1. The molecule has 0 bridgehead atoms. The lowest BCUT2D eigenvalue weighted by Crippen LogP contribution is -1.98. The van der Waals surface area contributed by atoms with Gasteiger partial charge in [0, 0.05) is 10.6 Å². The SMILES string of the molecule is Cc1cc(C)c(OCc2ccccc2N=C=O)cc1Cl. The zero-order chi connectivity index (χ0) is 14.5. The van der Waals surface area contributed by atoms with E-state index in [4.69, 9.17) is 16.3 Å². The van der Waals surface area contributed by atoms with E-state index < -0.39 is 0 Å². The van der Waals surface area contributed by atoms with E-state index in [0.29, 0.717) is 17.3 Å². The highest BCUT2D eigenvalue weighted by molar-refractivity contribution is 6.31. The number of carbonyl (C=O) groups excluding carboxylic acids is 1. The molecule has 3 nitrogen and oxygen atoms in total. The van der Waals surface area contributed by atoms with E-state index in [1.54, 1.807) is 18.2 Å². The highest BCUT2D eigenvalue weighted by Crippen LogP contribution is 2.28. The maximum atomic E-state index is 10.4. The third-order valence-electron chi connectivity index (χ3n) is 3.00. The number of hydrogen-bond donors (Lipinski definition) is 0. The molecule has 2 aromatic rings. The molecule has 0 saturated carbocycles. The monoisotopic (exact) mass is 287 g/mol. The lowest BCUT2D eigenvalue weighted by atomic mass is 10.1. The summed E-state index contributed by atoms with van der Waals surface area (Å²) in [5.74, 6) is 0.727. The number of halogens is 1. The topological polar surface area (TPSA) is 38.7 Å². The van der Waals surface area contributed by atoms with Crippen molar-refractivity contribution in [3.05, 3.63) is 58.1 Å². The molecular formula is C16H14ClNO2. The summed E-state index contributed by atoms with van der Waals surface area (Å²) in [5.41, 5.74) is 3.43. The zero-order valence-electron chi connectivity index (χ0n) is 11.3. The summed E-state index contributed by atoms with van der Waals surface area (Å²) in [6.45, 7) is 4.24. The number of aryl methyl sites for hydroxylation is 2. The molecule has 0 unspecified atom stereocenters. The molecule has 0 aliphatic rings. The molecule has 0 fully saturated rings. The highest BCUT2D eigenvalue weighted by atomic mass is 35.5. The van der Waals surface area contributed by atoms with Crippen molar-refractivity contribution in [2.45, 2.75) is 20.5 Å². The number of aliphatic imine (C=N–C) groups is 1. The van der Waals surface area contributed by atoms with E-state index in [-0.39, 0.29) is 0 Å². The summed E-state index contributed by atoms with van der Waals surface area (Å²) in [7, 11) is 0. The maximum absolute atomic E-state index is 10.4. The van der Waals surface area contributed by atoms with Gasteiger partial charge in [-0.3, -0.25) is 0 Å². The van der Waals surface area contributed by atoms with Crippen LogP contribution in [0.4, 0.5) is 5.69 Å². The van der Waals surface area contributed by atoms with Gasteiger partial charge in [0.15, 0.2) is 0 Å². The van der Waals surface area contributed by atoms with E-state index in [1.165, 1.54) is 0 Å². The predicted octanol–water partition coefficient (Wildman–Crippen LogP) is 4.50. The molecule has 2 rings (SSSR count). The molecule has 0 spiro atoms. The first kappa shape index (κ1) is 14.3. The van der Waals surface area contributed by atoms with Crippen molar-refractivity contribution in [3.8, 4) is 5.75 Å². The van der Waals surface area contributed by atoms with Gasteiger partial charge in [-0.1, -0.05) is 35.9 Å². The second-order valence-corrected chi connectivity index (χ2v) is 4.89. The molecule has 0 atom stereocenters. The first-order chi connectivity index (χ1) is 9.61. The number of nitrogens with zero attached hydrogens (tertiary/aromatic N) is 1. The highest BCUT2D eigenvalue weighted by Gasteiger charge is 2.06. The van der Waals surface area contributed by atoms with Crippen molar-refractivity contribution in [2.75, 3.05) is 0 Å². The second-order valence-electron chi connectivity index (χ2n) is 4.49. The van der Waals surface area contributed by atoms with Crippen LogP contribution in [-0.4, -0.2) is 6.08 Å². The molecule has 20 heavy (non-hydrogen) atoms. The molecule has 0 N–H and O–H groups in total. The normalized spacial score (nSPS) is 9.95. The Bertz CT molecular complexity index is 676. The molecule has 0 amide bonds. The van der Waals surface area contributed by atoms with E-state index in [0.717, 1.165) is 22.4 Å². The summed E-state index contributed by atoms with van der Waals surface area (Å²) in [5, 5.41) is 0.671. The van der Waals surface area contributed by atoms with E-state index in [1.807, 2.05) is 38.1 Å². The van der Waals surface area contributed by atoms with Crippen molar-refractivity contribution in [2.24, 2.45) is 4.99 Å². The Morgan fingerprint density at radius 1 is 1.20 bits per heavy atom. The van der Waals surface area contributed by atoms with Crippen LogP contribution >= 0.6 is 11.6 Å². The second kappa shape index (κ2) is 6.38. The third-order valence-corrected chi connectivity index (χ3v) is 3.40. The van der Waals surface area contributed by atoms with Gasteiger partial charge in [0.1, 0.15) is 12.4 Å². The van der Waals surface area contributed by atoms with Gasteiger partial charge in [-0.15, -0.1) is 0 Å². The largest absolute Gasteiger partial charge is 0.488 e. The third kappa shape index (κ3) is 3.27. The van der Waals surface area contributed by atoms with Gasteiger partial charge >= 0.3 is 0 Å². The molecule has 102 valence electrons. The fourth-order valence-electron chi connectivity index (χ4n) is 1.91. The Kier molecular flexibility index (Phi) is 4.57. The lowest BCUT2D eigenvalue weighted by Gasteiger charge is -2.12. The summed E-state index contributed by atoms with van der Waals surface area (Å²) in [4.78, 5) is 14.0. The molecule has 0 aliphatic carbocycles. The molecule has 4 heteroatoms. The maximum Gasteiger partial charge on any atom is 0.240 e. The minimum atomic E-state index is 0.321. The predicted molar refractivity (Wildman–Crippen MR) is 79.5 cm³/mol. The summed E-state index contributed by atoms with van der Waals surface area (Å²) < 4.78 is 5.77. The van der Waals surface area contributed by atoms with Gasteiger partial charge < -0.3 is 4.74 Å². The number of isocyanates is 1. The Morgan fingerprint density at radius 2 is 1.95 bits per heavy atom. The van der Waals surface area contributed by atoms with Crippen molar-refractivity contribution >= 4 is 23.4 Å². The van der Waals surface area contributed by atoms with Crippen molar-refractivity contribution in [1.82, 2.24) is 0 Å². The van der Waals surface area contributed by atoms with E-state index in [9.17, 15) is 4.79 Å². The van der Waals surface area contributed by atoms with Crippen LogP contribution in [0.2, 0.25) is 5.02 Å². The summed E-state index contributed by atoms with van der Waals surface area (Å²) >= 11 is 6.10. The smallest absolute Gasteiger partial charge is 0.240 e. The molecule has 0 heterocycles. The standard InChI is InChI=1S/C16H14ClNO2/c1-11-7-12(2)16(8-14(11)17)20-9-13-5-3-4-6-15(13)18-10-19/h3-8H,9H2,1-2H3. The van der Waals surface area contributed by atoms with Crippen molar-refractivity contribution < 1.29 is 9.53 Å². The molecular weight excluding hydrogens is 274 g/mol. The van der Waals surface area contributed by atoms with Crippen molar-refractivity contribution in [3.63, 3.8) is 0 Å². The molecule has 0 radical (unpaired) electrons. The molecule has 0 aromatic heterocycles. The quantitative estimate of drug-likeness (QED) is 0.613. The lowest BCUT2D eigenvalue weighted by molar-refractivity contribution is 0.304. The van der Waals surface area contributed by atoms with Crippen LogP contribution in [0.1, 0.15) is 16.7 Å². The fraction of sp³-hybridized carbons (Fsp3) is 0.188. The van der Waals surface area contributed by atoms with Gasteiger partial charge in [-0.2, -0.15) is 4.99 Å². The van der Waals surface area contributed by atoms with Crippen molar-refractivity contribution in [1.29, 1.82) is 0 Å². The summed E-state index contributed by atoms with van der Waals surface area (Å²) in [6, 6.07) is 11.1. The number of para-hydroxylation sites is 1. The average molecular weight is 288 g/mol. The number of rotatable bonds is 4. The van der Waals surface area contributed by atoms with Gasteiger partial charge in [-0.05, 0) is 37.1 Å². The van der Waals surface area contributed by atoms with Gasteiger partial charge in [0.25, 0.3) is 0 Å². The van der Waals surface area contributed by atoms with Crippen LogP contribution in [0.15, 0.2) is 41.4 Å².